The maximum Gasteiger partial charge on any atom is 0.416 e. The number of rotatable bonds is 1. The van der Waals surface area contributed by atoms with Gasteiger partial charge in [-0.15, -0.1) is 0 Å². The van der Waals surface area contributed by atoms with Crippen molar-refractivity contribution in [1.29, 1.82) is 0 Å². The largest absolute Gasteiger partial charge is 0.506 e. The fourth-order valence-corrected chi connectivity index (χ4v) is 1.89. The Labute approximate surface area is 98.0 Å². The lowest BCUT2D eigenvalue weighted by atomic mass is 10.2. The molecule has 0 aliphatic rings. The number of halogens is 1. The lowest BCUT2D eigenvalue weighted by Gasteiger charge is -2.01. The number of phenols is 1. The Morgan fingerprint density at radius 2 is 2.12 bits per heavy atom. The smallest absolute Gasteiger partial charge is 0.416 e. The predicted molar refractivity (Wildman–Crippen MR) is 60.1 cm³/mol. The quantitative estimate of drug-likeness (QED) is 0.788. The molecule has 0 saturated carbocycles. The maximum absolute atomic E-state index is 10.9. The molecule has 16 heavy (non-hydrogen) atoms. The fraction of sp³-hybridized carbons (Fsp3) is 0. The summed E-state index contributed by atoms with van der Waals surface area (Å²) in [7, 11) is 0. The van der Waals surface area contributed by atoms with Crippen molar-refractivity contribution in [2.45, 2.75) is 0 Å². The minimum absolute atomic E-state index is 0.135. The lowest BCUT2D eigenvalue weighted by Crippen LogP contribution is -2.05. The van der Waals surface area contributed by atoms with Gasteiger partial charge >= 0.3 is 6.09 Å². The van der Waals surface area contributed by atoms with Crippen LogP contribution in [-0.2, 0) is 0 Å². The third-order valence-electron chi connectivity index (χ3n) is 2.26. The van der Waals surface area contributed by atoms with Crippen molar-refractivity contribution < 1.29 is 19.8 Å². The molecule has 0 aliphatic carbocycles. The normalized spacial score (nSPS) is 10.6. The molecule has 0 atom stereocenters. The fourth-order valence-electron chi connectivity index (χ4n) is 1.56. The van der Waals surface area contributed by atoms with Gasteiger partial charge < -0.3 is 10.2 Å². The van der Waals surface area contributed by atoms with Crippen LogP contribution in [-0.4, -0.2) is 27.2 Å². The van der Waals surface area contributed by atoms with Crippen LogP contribution in [0.4, 0.5) is 4.79 Å². The molecule has 0 radical (unpaired) electrons. The Morgan fingerprint density at radius 1 is 1.44 bits per heavy atom. The molecule has 0 amide bonds. The Bertz CT molecular complexity index is 602. The summed E-state index contributed by atoms with van der Waals surface area (Å²) < 4.78 is 1.30. The van der Waals surface area contributed by atoms with Crippen LogP contribution in [0.1, 0.15) is 10.4 Å². The highest BCUT2D eigenvalue weighted by Crippen LogP contribution is 2.35. The molecule has 6 heteroatoms. The zero-order valence-corrected chi connectivity index (χ0v) is 9.43. The Morgan fingerprint density at radius 3 is 2.69 bits per heavy atom. The molecule has 1 heterocycles. The molecule has 0 fully saturated rings. The van der Waals surface area contributed by atoms with Gasteiger partial charge in [0.15, 0.2) is 6.29 Å². The SMILES string of the molecule is O=Cc1cn(C(=O)O)c2ccc(Br)c(O)c12. The Balaban J connectivity index is 2.95. The molecule has 0 saturated heterocycles. The highest BCUT2D eigenvalue weighted by Gasteiger charge is 2.16. The topological polar surface area (TPSA) is 79.5 Å². The first kappa shape index (κ1) is 10.7. The van der Waals surface area contributed by atoms with E-state index in [1.807, 2.05) is 0 Å². The molecule has 2 aromatic rings. The van der Waals surface area contributed by atoms with Crippen LogP contribution >= 0.6 is 15.9 Å². The molecule has 82 valence electrons. The average molecular weight is 284 g/mol. The van der Waals surface area contributed by atoms with Gasteiger partial charge in [-0.1, -0.05) is 0 Å². The van der Waals surface area contributed by atoms with E-state index in [0.717, 1.165) is 4.57 Å². The number of hydrogen-bond donors (Lipinski definition) is 2. The summed E-state index contributed by atoms with van der Waals surface area (Å²) in [5, 5.41) is 18.9. The molecular weight excluding hydrogens is 278 g/mol. The standard InChI is InChI=1S/C10H6BrNO4/c11-6-1-2-7-8(9(6)14)5(4-13)3-12(7)10(15)16/h1-4,14H,(H,15,16). The van der Waals surface area contributed by atoms with E-state index in [0.29, 0.717) is 10.8 Å². The van der Waals surface area contributed by atoms with Gasteiger partial charge in [0.05, 0.1) is 15.4 Å². The van der Waals surface area contributed by atoms with Gasteiger partial charge in [0.25, 0.3) is 0 Å². The third-order valence-corrected chi connectivity index (χ3v) is 2.90. The van der Waals surface area contributed by atoms with E-state index in [1.165, 1.54) is 18.3 Å². The highest BCUT2D eigenvalue weighted by molar-refractivity contribution is 9.10. The van der Waals surface area contributed by atoms with Gasteiger partial charge in [-0.05, 0) is 28.1 Å². The number of benzene rings is 1. The van der Waals surface area contributed by atoms with E-state index in [-0.39, 0.29) is 22.2 Å². The lowest BCUT2D eigenvalue weighted by molar-refractivity contribution is 0.112. The molecule has 1 aromatic heterocycles. The summed E-state index contributed by atoms with van der Waals surface area (Å²) in [5.74, 6) is -0.139. The van der Waals surface area contributed by atoms with E-state index in [1.54, 1.807) is 0 Å². The van der Waals surface area contributed by atoms with Crippen molar-refractivity contribution in [2.75, 3.05) is 0 Å². The summed E-state index contributed by atoms with van der Waals surface area (Å²) in [6, 6.07) is 3.03. The summed E-state index contributed by atoms with van der Waals surface area (Å²) >= 11 is 3.10. The maximum atomic E-state index is 10.9. The number of carbonyl (C=O) groups excluding carboxylic acids is 1. The van der Waals surface area contributed by atoms with Gasteiger partial charge in [-0.3, -0.25) is 9.36 Å². The summed E-state index contributed by atoms with van der Waals surface area (Å²) in [6.45, 7) is 0. The summed E-state index contributed by atoms with van der Waals surface area (Å²) in [5.41, 5.74) is 0.409. The molecule has 0 unspecified atom stereocenters. The van der Waals surface area contributed by atoms with Crippen LogP contribution in [0, 0.1) is 0 Å². The zero-order valence-electron chi connectivity index (χ0n) is 7.85. The molecule has 2 N–H and O–H groups in total. The number of phenolic OH excluding ortho intramolecular Hbond substituents is 1. The summed E-state index contributed by atoms with van der Waals surface area (Å²) in [4.78, 5) is 21.7. The Kier molecular flexibility index (Phi) is 2.43. The monoisotopic (exact) mass is 283 g/mol. The van der Waals surface area contributed by atoms with E-state index >= 15 is 0 Å². The predicted octanol–water partition coefficient (Wildman–Crippen LogP) is 2.45. The average Bonchev–Trinajstić information content (AvgIpc) is 2.62. The third kappa shape index (κ3) is 1.38. The van der Waals surface area contributed by atoms with Gasteiger partial charge in [0.2, 0.25) is 0 Å². The van der Waals surface area contributed by atoms with Gasteiger partial charge in [0.1, 0.15) is 5.75 Å². The van der Waals surface area contributed by atoms with Gasteiger partial charge in [-0.25, -0.2) is 4.79 Å². The van der Waals surface area contributed by atoms with Gasteiger partial charge in [-0.2, -0.15) is 0 Å². The van der Waals surface area contributed by atoms with Crippen molar-refractivity contribution in [3.8, 4) is 5.75 Å². The first-order valence-electron chi connectivity index (χ1n) is 4.27. The van der Waals surface area contributed by atoms with Crippen LogP contribution in [0.15, 0.2) is 22.8 Å². The van der Waals surface area contributed by atoms with Crippen molar-refractivity contribution in [3.63, 3.8) is 0 Å². The minimum atomic E-state index is -1.21. The summed E-state index contributed by atoms with van der Waals surface area (Å²) in [6.07, 6.45) is 0.472. The van der Waals surface area contributed by atoms with Crippen LogP contribution in [0.2, 0.25) is 0 Å². The van der Waals surface area contributed by atoms with E-state index in [4.69, 9.17) is 5.11 Å². The minimum Gasteiger partial charge on any atom is -0.506 e. The second kappa shape index (κ2) is 3.64. The van der Waals surface area contributed by atoms with Crippen LogP contribution in [0.25, 0.3) is 10.9 Å². The van der Waals surface area contributed by atoms with E-state index in [2.05, 4.69) is 15.9 Å². The molecule has 0 bridgehead atoms. The number of carbonyl (C=O) groups is 2. The van der Waals surface area contributed by atoms with Crippen LogP contribution in [0.5, 0.6) is 5.75 Å². The van der Waals surface area contributed by atoms with Crippen molar-refractivity contribution in [1.82, 2.24) is 4.57 Å². The Hall–Kier alpha value is -1.82. The van der Waals surface area contributed by atoms with Crippen molar-refractivity contribution in [3.05, 3.63) is 28.4 Å². The van der Waals surface area contributed by atoms with E-state index < -0.39 is 6.09 Å². The number of nitrogens with zero attached hydrogens (tertiary/aromatic N) is 1. The first-order chi connectivity index (χ1) is 7.56. The zero-order chi connectivity index (χ0) is 11.9. The van der Waals surface area contributed by atoms with Crippen molar-refractivity contribution in [2.24, 2.45) is 0 Å². The number of aromatic nitrogens is 1. The molecule has 2 rings (SSSR count). The second-order valence-corrected chi connectivity index (χ2v) is 4.00. The number of aromatic hydroxyl groups is 1. The molecule has 0 aliphatic heterocycles. The number of fused-ring (bicyclic) bond motifs is 1. The van der Waals surface area contributed by atoms with Crippen LogP contribution < -0.4 is 0 Å². The van der Waals surface area contributed by atoms with Gasteiger partial charge in [0, 0.05) is 11.8 Å². The number of hydrogen-bond acceptors (Lipinski definition) is 3. The number of carboxylic acid groups (broad SMARTS) is 1. The van der Waals surface area contributed by atoms with Crippen LogP contribution in [0.3, 0.4) is 0 Å². The molecule has 1 aromatic carbocycles. The molecule has 5 nitrogen and oxygen atoms in total. The first-order valence-corrected chi connectivity index (χ1v) is 5.06. The molecular formula is C10H6BrNO4. The van der Waals surface area contributed by atoms with E-state index in [9.17, 15) is 14.7 Å². The molecule has 0 spiro atoms. The highest BCUT2D eigenvalue weighted by atomic mass is 79.9. The second-order valence-electron chi connectivity index (χ2n) is 3.14. The number of aldehydes is 1. The van der Waals surface area contributed by atoms with Crippen molar-refractivity contribution >= 4 is 39.2 Å².